The van der Waals surface area contributed by atoms with Crippen LogP contribution in [0.5, 0.6) is 5.75 Å². The van der Waals surface area contributed by atoms with E-state index in [0.717, 1.165) is 50.0 Å². The second-order valence-corrected chi connectivity index (χ2v) is 9.53. The minimum atomic E-state index is -0.0873. The maximum atomic E-state index is 13.5. The number of piperidine rings is 2. The molecule has 3 amide bonds. The first kappa shape index (κ1) is 21.8. The Morgan fingerprint density at radius 2 is 2.00 bits per heavy atom. The Kier molecular flexibility index (Phi) is 6.00. The summed E-state index contributed by atoms with van der Waals surface area (Å²) in [7, 11) is 1.70. The van der Waals surface area contributed by atoms with E-state index < -0.39 is 0 Å². The molecule has 0 unspecified atom stereocenters. The molecule has 3 aliphatic heterocycles. The molecule has 0 radical (unpaired) electrons. The van der Waals surface area contributed by atoms with Crippen molar-refractivity contribution in [3.8, 4) is 5.75 Å². The molecule has 0 aliphatic carbocycles. The number of amides is 3. The van der Waals surface area contributed by atoms with Gasteiger partial charge in [-0.05, 0) is 67.3 Å². The molecule has 0 bridgehead atoms. The van der Waals surface area contributed by atoms with Gasteiger partial charge >= 0.3 is 6.03 Å². The van der Waals surface area contributed by atoms with Crippen molar-refractivity contribution < 1.29 is 14.3 Å². The quantitative estimate of drug-likeness (QED) is 0.774. The van der Waals surface area contributed by atoms with E-state index in [9.17, 15) is 9.59 Å². The van der Waals surface area contributed by atoms with Crippen LogP contribution in [0.2, 0.25) is 0 Å². The van der Waals surface area contributed by atoms with Crippen LogP contribution in [0.3, 0.4) is 0 Å². The first-order valence-corrected chi connectivity index (χ1v) is 12.1. The zero-order chi connectivity index (χ0) is 22.9. The van der Waals surface area contributed by atoms with Gasteiger partial charge in [0.15, 0.2) is 0 Å². The largest absolute Gasteiger partial charge is 0.496 e. The van der Waals surface area contributed by atoms with Crippen LogP contribution in [-0.4, -0.2) is 54.5 Å². The summed E-state index contributed by atoms with van der Waals surface area (Å²) in [6.07, 6.45) is 4.22. The van der Waals surface area contributed by atoms with Crippen LogP contribution in [0.4, 0.5) is 4.79 Å². The van der Waals surface area contributed by atoms with E-state index in [0.29, 0.717) is 13.1 Å². The maximum Gasteiger partial charge on any atom is 0.317 e. The van der Waals surface area contributed by atoms with Gasteiger partial charge in [-0.25, -0.2) is 4.79 Å². The summed E-state index contributed by atoms with van der Waals surface area (Å²) in [6, 6.07) is 14.5. The van der Waals surface area contributed by atoms with Crippen LogP contribution in [0.25, 0.3) is 0 Å². The lowest BCUT2D eigenvalue weighted by Gasteiger charge is -2.51. The molecule has 1 N–H and O–H groups in total. The van der Waals surface area contributed by atoms with Crippen LogP contribution >= 0.6 is 0 Å². The molecule has 0 spiro atoms. The summed E-state index contributed by atoms with van der Waals surface area (Å²) >= 11 is 0. The smallest absolute Gasteiger partial charge is 0.317 e. The van der Waals surface area contributed by atoms with Gasteiger partial charge in [0.1, 0.15) is 5.75 Å². The van der Waals surface area contributed by atoms with Gasteiger partial charge in [-0.1, -0.05) is 36.4 Å². The highest BCUT2D eigenvalue weighted by molar-refractivity contribution is 5.83. The van der Waals surface area contributed by atoms with Crippen LogP contribution in [-0.2, 0) is 17.6 Å². The minimum absolute atomic E-state index is 0.0322. The number of methoxy groups -OCH3 is 1. The van der Waals surface area contributed by atoms with Crippen molar-refractivity contribution in [2.24, 2.45) is 5.92 Å². The molecule has 3 heterocycles. The normalized spacial score (nSPS) is 23.9. The third kappa shape index (κ3) is 4.07. The summed E-state index contributed by atoms with van der Waals surface area (Å²) in [5, 5.41) is 3.11. The van der Waals surface area contributed by atoms with Crippen LogP contribution < -0.4 is 10.1 Å². The Hall–Kier alpha value is -3.02. The Morgan fingerprint density at radius 3 is 2.79 bits per heavy atom. The van der Waals surface area contributed by atoms with Crippen molar-refractivity contribution in [2.75, 3.05) is 26.7 Å². The number of hydrogen-bond donors (Lipinski definition) is 1. The highest BCUT2D eigenvalue weighted by Gasteiger charge is 2.48. The van der Waals surface area contributed by atoms with E-state index in [4.69, 9.17) is 4.74 Å². The van der Waals surface area contributed by atoms with E-state index >= 15 is 0 Å². The highest BCUT2D eigenvalue weighted by atomic mass is 16.5. The van der Waals surface area contributed by atoms with E-state index in [-0.39, 0.29) is 29.9 Å². The van der Waals surface area contributed by atoms with Gasteiger partial charge in [0, 0.05) is 25.7 Å². The van der Waals surface area contributed by atoms with E-state index in [1.165, 1.54) is 16.7 Å². The van der Waals surface area contributed by atoms with E-state index in [1.54, 1.807) is 7.11 Å². The number of nitrogens with zero attached hydrogens (tertiary/aromatic N) is 2. The number of hydrogen-bond acceptors (Lipinski definition) is 3. The lowest BCUT2D eigenvalue weighted by Crippen LogP contribution is -2.61. The van der Waals surface area contributed by atoms with Crippen molar-refractivity contribution in [3.63, 3.8) is 0 Å². The van der Waals surface area contributed by atoms with E-state index in [2.05, 4.69) is 41.4 Å². The molecule has 174 valence electrons. The molecule has 0 aromatic heterocycles. The minimum Gasteiger partial charge on any atom is -0.496 e. The summed E-state index contributed by atoms with van der Waals surface area (Å²) < 4.78 is 5.53. The molecule has 2 fully saturated rings. The van der Waals surface area contributed by atoms with Crippen molar-refractivity contribution >= 4 is 11.9 Å². The monoisotopic (exact) mass is 447 g/mol. The number of likely N-dealkylation sites (tertiary alicyclic amines) is 1. The molecule has 2 aromatic carbocycles. The topological polar surface area (TPSA) is 61.9 Å². The van der Waals surface area contributed by atoms with Gasteiger partial charge in [0.05, 0.1) is 19.1 Å². The number of nitrogens with one attached hydrogen (secondary N) is 1. The third-order valence-corrected chi connectivity index (χ3v) is 7.65. The second-order valence-electron chi connectivity index (χ2n) is 9.53. The number of ether oxygens (including phenoxy) is 1. The molecular formula is C27H33N3O3. The fraction of sp³-hybridized carbons (Fsp3) is 0.481. The predicted octanol–water partition coefficient (Wildman–Crippen LogP) is 3.87. The van der Waals surface area contributed by atoms with Gasteiger partial charge in [-0.3, -0.25) is 4.79 Å². The molecule has 6 nitrogen and oxygen atoms in total. The lowest BCUT2D eigenvalue weighted by molar-refractivity contribution is -0.148. The molecule has 2 aromatic rings. The third-order valence-electron chi connectivity index (χ3n) is 7.65. The molecule has 2 saturated heterocycles. The average molecular weight is 448 g/mol. The lowest BCUT2D eigenvalue weighted by atomic mass is 9.76. The van der Waals surface area contributed by atoms with Gasteiger partial charge in [0.2, 0.25) is 5.91 Å². The summed E-state index contributed by atoms with van der Waals surface area (Å²) in [5.74, 6) is 1.03. The zero-order valence-corrected chi connectivity index (χ0v) is 19.5. The molecule has 0 saturated carbocycles. The van der Waals surface area contributed by atoms with Crippen molar-refractivity contribution in [1.82, 2.24) is 15.1 Å². The molecule has 3 atom stereocenters. The van der Waals surface area contributed by atoms with Crippen LogP contribution in [0, 0.1) is 12.8 Å². The summed E-state index contributed by atoms with van der Waals surface area (Å²) in [6.45, 7) is 4.11. The Balaban J connectivity index is 1.34. The molecule has 5 rings (SSSR count). The number of fused-ring (bicyclic) bond motifs is 4. The zero-order valence-electron chi connectivity index (χ0n) is 19.5. The van der Waals surface area contributed by atoms with Gasteiger partial charge in [-0.2, -0.15) is 0 Å². The Morgan fingerprint density at radius 1 is 1.18 bits per heavy atom. The SMILES string of the molecule is COc1cc2c(cc1C)[C@@H]1C[C@@H]3[C@@H](CCCN3C(=O)NCCc3ccccc3)C(=O)N1CC2. The summed E-state index contributed by atoms with van der Waals surface area (Å²) in [5.41, 5.74) is 4.79. The van der Waals surface area contributed by atoms with Crippen molar-refractivity contribution in [2.45, 2.75) is 51.1 Å². The first-order valence-electron chi connectivity index (χ1n) is 12.1. The fourth-order valence-electron chi connectivity index (χ4n) is 5.97. The van der Waals surface area contributed by atoms with Crippen molar-refractivity contribution in [3.05, 3.63) is 64.7 Å². The molecular weight excluding hydrogens is 414 g/mol. The number of urea groups is 1. The molecule has 3 aliphatic rings. The number of aryl methyl sites for hydroxylation is 1. The highest BCUT2D eigenvalue weighted by Crippen LogP contribution is 2.44. The Labute approximate surface area is 195 Å². The van der Waals surface area contributed by atoms with Crippen LogP contribution in [0.15, 0.2) is 42.5 Å². The average Bonchev–Trinajstić information content (AvgIpc) is 2.84. The van der Waals surface area contributed by atoms with Crippen molar-refractivity contribution in [1.29, 1.82) is 0 Å². The maximum absolute atomic E-state index is 13.5. The number of carbonyl (C=O) groups is 2. The van der Waals surface area contributed by atoms with Gasteiger partial charge in [0.25, 0.3) is 0 Å². The van der Waals surface area contributed by atoms with E-state index in [1.807, 2.05) is 23.1 Å². The number of carbonyl (C=O) groups excluding carboxylic acids is 2. The number of rotatable bonds is 4. The summed E-state index contributed by atoms with van der Waals surface area (Å²) in [4.78, 5) is 30.7. The van der Waals surface area contributed by atoms with Gasteiger partial charge < -0.3 is 19.9 Å². The Bertz CT molecular complexity index is 1040. The standard InChI is InChI=1S/C27H33N3O3/c1-18-15-22-20(16-25(18)33-2)11-14-29-24(22)17-23-21(26(29)31)9-6-13-30(23)27(32)28-12-10-19-7-4-3-5-8-19/h3-5,7-8,15-16,21,23-24H,6,9-14,17H2,1-2H3,(H,28,32)/t21-,23-,24+/m1/s1. The first-order chi connectivity index (χ1) is 16.1. The number of benzene rings is 2. The van der Waals surface area contributed by atoms with Crippen LogP contribution in [0.1, 0.15) is 47.6 Å². The van der Waals surface area contributed by atoms with Gasteiger partial charge in [-0.15, -0.1) is 0 Å². The second kappa shape index (κ2) is 9.08. The predicted molar refractivity (Wildman–Crippen MR) is 127 cm³/mol. The fourth-order valence-corrected chi connectivity index (χ4v) is 5.97. The molecule has 6 heteroatoms. The molecule has 33 heavy (non-hydrogen) atoms.